The number of hydrogen-bond donors (Lipinski definition) is 1. The van der Waals surface area contributed by atoms with E-state index in [1.54, 1.807) is 24.3 Å². The van der Waals surface area contributed by atoms with E-state index >= 15 is 0 Å². The second-order valence-corrected chi connectivity index (χ2v) is 9.61. The fourth-order valence-electron chi connectivity index (χ4n) is 5.19. The van der Waals surface area contributed by atoms with Gasteiger partial charge < -0.3 is 14.9 Å². The van der Waals surface area contributed by atoms with Gasteiger partial charge in [-0.3, -0.25) is 4.79 Å². The van der Waals surface area contributed by atoms with Crippen molar-refractivity contribution >= 4 is 11.6 Å². The molecule has 0 radical (unpaired) electrons. The monoisotopic (exact) mass is 447 g/mol. The van der Waals surface area contributed by atoms with Gasteiger partial charge in [0.15, 0.2) is 5.78 Å². The first-order valence-corrected chi connectivity index (χ1v) is 12.6. The highest BCUT2D eigenvalue weighted by Gasteiger charge is 2.42. The van der Waals surface area contributed by atoms with Gasteiger partial charge in [-0.2, -0.15) is 0 Å². The second-order valence-electron chi connectivity index (χ2n) is 9.61. The number of aromatic hydroxyl groups is 1. The Hall–Kier alpha value is -2.82. The van der Waals surface area contributed by atoms with Crippen molar-refractivity contribution < 1.29 is 9.90 Å². The minimum absolute atomic E-state index is 0.0248. The number of carbonyl (C=O) groups excluding carboxylic acids is 1. The van der Waals surface area contributed by atoms with Gasteiger partial charge in [-0.15, -0.1) is 0 Å². The van der Waals surface area contributed by atoms with Crippen LogP contribution in [0.5, 0.6) is 5.75 Å². The summed E-state index contributed by atoms with van der Waals surface area (Å²) >= 11 is 0. The molecule has 2 aliphatic heterocycles. The Balaban J connectivity index is 0.000000275. The standard InChI is InChI=1S/C20H21N3O2.C8H16/c1-14-6-8-21-20(10-14)23-13-15-11-16(23)12-22(15)9-7-19(25)17-4-2-3-5-18(17)24;1-2-4-6-8-7-5-3-1/h2-10,15-16,24H,11-13H2,1H3;1-8H2/b9-7+;/t15-,16?;/m1./s1. The average Bonchev–Trinajstić information content (AvgIpc) is 3.39. The van der Waals surface area contributed by atoms with Gasteiger partial charge in [0.05, 0.1) is 5.56 Å². The molecule has 33 heavy (non-hydrogen) atoms. The summed E-state index contributed by atoms with van der Waals surface area (Å²) in [5.74, 6) is 0.899. The zero-order chi connectivity index (χ0) is 23.0. The Morgan fingerprint density at radius 2 is 1.64 bits per heavy atom. The summed E-state index contributed by atoms with van der Waals surface area (Å²) in [5, 5.41) is 9.78. The quantitative estimate of drug-likeness (QED) is 0.469. The summed E-state index contributed by atoms with van der Waals surface area (Å²) in [6.07, 6.45) is 18.4. The molecule has 2 atom stereocenters. The number of nitrogens with zero attached hydrogens (tertiary/aromatic N) is 3. The van der Waals surface area contributed by atoms with E-state index in [1.807, 2.05) is 18.5 Å². The van der Waals surface area contributed by atoms with Crippen molar-refractivity contribution in [2.45, 2.75) is 76.8 Å². The molecule has 3 aliphatic rings. The lowest BCUT2D eigenvalue weighted by Gasteiger charge is -2.34. The Kier molecular flexibility index (Phi) is 8.03. The molecule has 1 aliphatic carbocycles. The highest BCUT2D eigenvalue weighted by Crippen LogP contribution is 2.34. The zero-order valence-electron chi connectivity index (χ0n) is 19.8. The lowest BCUT2D eigenvalue weighted by molar-refractivity contribution is 0.104. The van der Waals surface area contributed by atoms with Gasteiger partial charge in [0.25, 0.3) is 0 Å². The molecule has 0 spiro atoms. The molecular formula is C28H37N3O2. The number of anilines is 1. The summed E-state index contributed by atoms with van der Waals surface area (Å²) in [6.45, 7) is 3.90. The van der Waals surface area contributed by atoms with E-state index in [9.17, 15) is 9.90 Å². The minimum atomic E-state index is -0.168. The number of carbonyl (C=O) groups is 1. The molecule has 0 amide bonds. The van der Waals surface area contributed by atoms with Crippen LogP contribution in [0.2, 0.25) is 0 Å². The van der Waals surface area contributed by atoms with E-state index < -0.39 is 0 Å². The molecule has 2 saturated heterocycles. The zero-order valence-corrected chi connectivity index (χ0v) is 19.8. The van der Waals surface area contributed by atoms with Crippen molar-refractivity contribution in [2.24, 2.45) is 0 Å². The topological polar surface area (TPSA) is 56.7 Å². The van der Waals surface area contributed by atoms with Crippen molar-refractivity contribution in [1.82, 2.24) is 9.88 Å². The number of piperazine rings is 1. The normalized spacial score (nSPS) is 22.6. The molecule has 1 unspecified atom stereocenters. The number of pyridine rings is 1. The largest absolute Gasteiger partial charge is 0.507 e. The molecule has 2 bridgehead atoms. The first kappa shape index (κ1) is 23.3. The van der Waals surface area contributed by atoms with Crippen LogP contribution < -0.4 is 4.90 Å². The van der Waals surface area contributed by atoms with Gasteiger partial charge in [-0.25, -0.2) is 4.98 Å². The van der Waals surface area contributed by atoms with Crippen molar-refractivity contribution in [3.05, 3.63) is 66.0 Å². The summed E-state index contributed by atoms with van der Waals surface area (Å²) in [4.78, 5) is 21.4. The van der Waals surface area contributed by atoms with Crippen LogP contribution in [0.3, 0.4) is 0 Å². The van der Waals surface area contributed by atoms with Gasteiger partial charge in [-0.1, -0.05) is 63.5 Å². The highest BCUT2D eigenvalue weighted by atomic mass is 16.3. The van der Waals surface area contributed by atoms with Gasteiger partial charge in [0.2, 0.25) is 0 Å². The molecule has 5 heteroatoms. The molecule has 3 heterocycles. The van der Waals surface area contributed by atoms with E-state index in [1.165, 1.54) is 63.0 Å². The number of hydrogen-bond acceptors (Lipinski definition) is 5. The number of likely N-dealkylation sites (tertiary alicyclic amines) is 1. The van der Waals surface area contributed by atoms with E-state index in [2.05, 4.69) is 27.8 Å². The van der Waals surface area contributed by atoms with E-state index in [4.69, 9.17) is 0 Å². The van der Waals surface area contributed by atoms with Crippen LogP contribution in [0, 0.1) is 6.92 Å². The third-order valence-corrected chi connectivity index (χ3v) is 7.07. The molecule has 3 fully saturated rings. The fraction of sp³-hybridized carbons (Fsp3) is 0.500. The molecule has 1 saturated carbocycles. The smallest absolute Gasteiger partial charge is 0.190 e. The van der Waals surface area contributed by atoms with Crippen LogP contribution >= 0.6 is 0 Å². The summed E-state index contributed by atoms with van der Waals surface area (Å²) in [5.41, 5.74) is 1.56. The number of ketones is 1. The Bertz CT molecular complexity index is 934. The molecule has 1 aromatic heterocycles. The third kappa shape index (κ3) is 6.16. The van der Waals surface area contributed by atoms with Crippen LogP contribution in [0.15, 0.2) is 54.9 Å². The number of aromatic nitrogens is 1. The first-order valence-electron chi connectivity index (χ1n) is 12.6. The van der Waals surface area contributed by atoms with Crippen LogP contribution in [0.4, 0.5) is 5.82 Å². The molecule has 1 N–H and O–H groups in total. The van der Waals surface area contributed by atoms with Crippen molar-refractivity contribution in [3.63, 3.8) is 0 Å². The summed E-state index contributed by atoms with van der Waals surface area (Å²) in [7, 11) is 0. The molecule has 2 aromatic rings. The third-order valence-electron chi connectivity index (χ3n) is 7.07. The van der Waals surface area contributed by atoms with Crippen LogP contribution in [0.1, 0.15) is 73.7 Å². The minimum Gasteiger partial charge on any atom is -0.507 e. The fourth-order valence-corrected chi connectivity index (χ4v) is 5.19. The molecule has 5 nitrogen and oxygen atoms in total. The van der Waals surface area contributed by atoms with Gasteiger partial charge in [0, 0.05) is 43.6 Å². The lowest BCUT2D eigenvalue weighted by atomic mass is 10.0. The number of fused-ring (bicyclic) bond motifs is 2. The lowest BCUT2D eigenvalue weighted by Crippen LogP contribution is -2.44. The van der Waals surface area contributed by atoms with Crippen LogP contribution in [-0.2, 0) is 0 Å². The van der Waals surface area contributed by atoms with Crippen molar-refractivity contribution in [3.8, 4) is 5.75 Å². The maximum absolute atomic E-state index is 12.3. The number of rotatable bonds is 4. The summed E-state index contributed by atoms with van der Waals surface area (Å²) < 4.78 is 0. The Morgan fingerprint density at radius 3 is 2.21 bits per heavy atom. The second kappa shape index (κ2) is 11.4. The Morgan fingerprint density at radius 1 is 0.970 bits per heavy atom. The number of phenols is 1. The van der Waals surface area contributed by atoms with E-state index in [-0.39, 0.29) is 11.5 Å². The molecule has 5 rings (SSSR count). The molecule has 176 valence electrons. The van der Waals surface area contributed by atoms with Crippen molar-refractivity contribution in [2.75, 3.05) is 18.0 Å². The van der Waals surface area contributed by atoms with Crippen LogP contribution in [0.25, 0.3) is 0 Å². The maximum atomic E-state index is 12.3. The van der Waals surface area contributed by atoms with Gasteiger partial charge in [0.1, 0.15) is 11.6 Å². The predicted octanol–water partition coefficient (Wildman–Crippen LogP) is 5.88. The van der Waals surface area contributed by atoms with Gasteiger partial charge in [-0.05, 0) is 43.2 Å². The number of para-hydroxylation sites is 1. The maximum Gasteiger partial charge on any atom is 0.190 e. The van der Waals surface area contributed by atoms with Crippen LogP contribution in [-0.4, -0.2) is 45.9 Å². The summed E-state index contributed by atoms with van der Waals surface area (Å²) in [6, 6.07) is 11.6. The predicted molar refractivity (Wildman–Crippen MR) is 134 cm³/mol. The van der Waals surface area contributed by atoms with Crippen molar-refractivity contribution in [1.29, 1.82) is 0 Å². The van der Waals surface area contributed by atoms with E-state index in [0.717, 1.165) is 25.3 Å². The number of benzene rings is 1. The number of phenolic OH excluding ortho intramolecular Hbond substituents is 1. The number of aryl methyl sites for hydroxylation is 1. The highest BCUT2D eigenvalue weighted by molar-refractivity contribution is 6.06. The molecular weight excluding hydrogens is 410 g/mol. The average molecular weight is 448 g/mol. The van der Waals surface area contributed by atoms with E-state index in [0.29, 0.717) is 17.6 Å². The molecule has 1 aromatic carbocycles. The van der Waals surface area contributed by atoms with Gasteiger partial charge >= 0.3 is 0 Å². The SMILES string of the molecule is C1CCCCCCC1.Cc1ccnc(N2C[C@H]3CC2CN3/C=C/C(=O)c2ccccc2O)c1. The Labute approximate surface area is 198 Å². The first-order chi connectivity index (χ1) is 16.1. The number of allylic oxidation sites excluding steroid dienone is 1.